The fraction of sp³-hybridized carbons (Fsp3) is 0.278. The lowest BCUT2D eigenvalue weighted by Crippen LogP contribution is -2.37. The third-order valence-corrected chi connectivity index (χ3v) is 5.00. The fourth-order valence-corrected chi connectivity index (χ4v) is 3.34. The first-order chi connectivity index (χ1) is 12.4. The van der Waals surface area contributed by atoms with Crippen LogP contribution in [0.4, 0.5) is 5.69 Å². The first kappa shape index (κ1) is 20.1. The van der Waals surface area contributed by atoms with Crippen LogP contribution in [0, 0.1) is 6.92 Å². The number of aryl methyl sites for hydroxylation is 1. The van der Waals surface area contributed by atoms with Gasteiger partial charge in [0.15, 0.2) is 0 Å². The van der Waals surface area contributed by atoms with Crippen LogP contribution in [0.3, 0.4) is 0 Å². The van der Waals surface area contributed by atoms with Crippen LogP contribution in [0.5, 0.6) is 0 Å². The summed E-state index contributed by atoms with van der Waals surface area (Å²) in [4.78, 5) is 38.0. The molecular weight excluding hydrogens is 418 g/mol. The minimum Gasteiger partial charge on any atom is -0.351 e. The minimum absolute atomic E-state index is 0.0484. The highest BCUT2D eigenvalue weighted by Gasteiger charge is 2.14. The van der Waals surface area contributed by atoms with Crippen molar-refractivity contribution in [1.29, 1.82) is 0 Å². The Morgan fingerprint density at radius 1 is 1.23 bits per heavy atom. The molecule has 2 aromatic rings. The summed E-state index contributed by atoms with van der Waals surface area (Å²) in [6.45, 7) is 2.08. The van der Waals surface area contributed by atoms with E-state index in [1.807, 2.05) is 24.4 Å². The van der Waals surface area contributed by atoms with Crippen molar-refractivity contribution in [2.24, 2.45) is 0 Å². The molecule has 138 valence electrons. The molecule has 0 spiro atoms. The van der Waals surface area contributed by atoms with Crippen molar-refractivity contribution < 1.29 is 14.4 Å². The van der Waals surface area contributed by atoms with Gasteiger partial charge in [-0.15, -0.1) is 11.3 Å². The summed E-state index contributed by atoms with van der Waals surface area (Å²) in [5.41, 5.74) is 1.64. The number of halogens is 1. The van der Waals surface area contributed by atoms with Crippen LogP contribution in [0.2, 0.25) is 0 Å². The van der Waals surface area contributed by atoms with Crippen LogP contribution in [-0.2, 0) is 9.59 Å². The smallest absolute Gasteiger partial charge is 0.261 e. The SMILES string of the molecule is Cc1cc(Br)ccc1NC(=O)CN(C)C(=O)CCNC(=O)c1cccs1. The average Bonchev–Trinajstić information content (AvgIpc) is 3.11. The summed E-state index contributed by atoms with van der Waals surface area (Å²) in [6, 6.07) is 9.07. The number of nitrogens with zero attached hydrogens (tertiary/aromatic N) is 1. The molecule has 0 aliphatic carbocycles. The maximum atomic E-state index is 12.1. The van der Waals surface area contributed by atoms with Gasteiger partial charge in [0.25, 0.3) is 5.91 Å². The van der Waals surface area contributed by atoms with Crippen LogP contribution >= 0.6 is 27.3 Å². The van der Waals surface area contributed by atoms with E-state index in [0.29, 0.717) is 10.6 Å². The second kappa shape index (κ2) is 9.49. The number of likely N-dealkylation sites (N-methyl/N-ethyl adjacent to an activating group) is 1. The van der Waals surface area contributed by atoms with Gasteiger partial charge in [0.2, 0.25) is 11.8 Å². The van der Waals surface area contributed by atoms with Gasteiger partial charge in [-0.1, -0.05) is 22.0 Å². The minimum atomic E-state index is -0.270. The van der Waals surface area contributed by atoms with Gasteiger partial charge in [-0.25, -0.2) is 0 Å². The van der Waals surface area contributed by atoms with Gasteiger partial charge >= 0.3 is 0 Å². The van der Waals surface area contributed by atoms with Gasteiger partial charge in [0.1, 0.15) is 0 Å². The van der Waals surface area contributed by atoms with Gasteiger partial charge < -0.3 is 15.5 Å². The van der Waals surface area contributed by atoms with Crippen molar-refractivity contribution in [1.82, 2.24) is 10.2 Å². The highest BCUT2D eigenvalue weighted by molar-refractivity contribution is 9.10. The average molecular weight is 438 g/mol. The van der Waals surface area contributed by atoms with E-state index in [9.17, 15) is 14.4 Å². The Morgan fingerprint density at radius 2 is 2.00 bits per heavy atom. The molecule has 3 amide bonds. The predicted molar refractivity (Wildman–Crippen MR) is 106 cm³/mol. The van der Waals surface area contributed by atoms with Crippen molar-refractivity contribution in [2.75, 3.05) is 25.5 Å². The number of nitrogens with one attached hydrogen (secondary N) is 2. The first-order valence-corrected chi connectivity index (χ1v) is 9.65. The summed E-state index contributed by atoms with van der Waals surface area (Å²) in [6.07, 6.45) is 0.137. The van der Waals surface area contributed by atoms with Crippen molar-refractivity contribution in [3.63, 3.8) is 0 Å². The molecule has 1 heterocycles. The highest BCUT2D eigenvalue weighted by Crippen LogP contribution is 2.19. The lowest BCUT2D eigenvalue weighted by Gasteiger charge is -2.17. The Kier molecular flexibility index (Phi) is 7.35. The summed E-state index contributed by atoms with van der Waals surface area (Å²) in [5.74, 6) is -0.674. The van der Waals surface area contributed by atoms with E-state index in [0.717, 1.165) is 10.0 Å². The number of carbonyl (C=O) groups excluding carboxylic acids is 3. The van der Waals surface area contributed by atoms with E-state index in [-0.39, 0.29) is 37.2 Å². The molecule has 2 N–H and O–H groups in total. The summed E-state index contributed by atoms with van der Waals surface area (Å²) in [5, 5.41) is 7.31. The zero-order valence-corrected chi connectivity index (χ0v) is 16.9. The standard InChI is InChI=1S/C18H20BrN3O3S/c1-12-10-13(19)5-6-14(12)21-16(23)11-22(2)17(24)7-8-20-18(25)15-4-3-9-26-15/h3-6,9-10H,7-8,11H2,1-2H3,(H,20,25)(H,21,23). The van der Waals surface area contributed by atoms with Gasteiger partial charge in [0, 0.05) is 30.2 Å². The second-order valence-electron chi connectivity index (χ2n) is 5.74. The van der Waals surface area contributed by atoms with Crippen LogP contribution in [0.15, 0.2) is 40.2 Å². The van der Waals surface area contributed by atoms with E-state index >= 15 is 0 Å². The second-order valence-corrected chi connectivity index (χ2v) is 7.60. The molecule has 0 radical (unpaired) electrons. The topological polar surface area (TPSA) is 78.5 Å². The predicted octanol–water partition coefficient (Wildman–Crippen LogP) is 3.04. The molecule has 0 fully saturated rings. The Hall–Kier alpha value is -2.19. The molecule has 8 heteroatoms. The lowest BCUT2D eigenvalue weighted by molar-refractivity contribution is -0.133. The Balaban J connectivity index is 1.75. The molecule has 2 rings (SSSR count). The van der Waals surface area contributed by atoms with Crippen molar-refractivity contribution in [3.05, 3.63) is 50.6 Å². The maximum absolute atomic E-state index is 12.1. The van der Waals surface area contributed by atoms with Crippen LogP contribution in [-0.4, -0.2) is 42.8 Å². The number of amides is 3. The molecule has 0 saturated carbocycles. The molecule has 1 aromatic heterocycles. The maximum Gasteiger partial charge on any atom is 0.261 e. The van der Waals surface area contributed by atoms with Crippen molar-refractivity contribution in [3.8, 4) is 0 Å². The Bertz CT molecular complexity index is 793. The quantitative estimate of drug-likeness (QED) is 0.698. The van der Waals surface area contributed by atoms with E-state index in [2.05, 4.69) is 26.6 Å². The van der Waals surface area contributed by atoms with Crippen LogP contribution in [0.1, 0.15) is 21.7 Å². The number of anilines is 1. The molecule has 0 aliphatic heterocycles. The van der Waals surface area contributed by atoms with Crippen LogP contribution < -0.4 is 10.6 Å². The van der Waals surface area contributed by atoms with Gasteiger partial charge in [-0.05, 0) is 42.1 Å². The zero-order chi connectivity index (χ0) is 19.1. The molecule has 0 unspecified atom stereocenters. The number of rotatable bonds is 7. The molecule has 0 atom stereocenters. The summed E-state index contributed by atoms with van der Waals surface area (Å²) < 4.78 is 0.935. The summed E-state index contributed by atoms with van der Waals surface area (Å²) in [7, 11) is 1.57. The Morgan fingerprint density at radius 3 is 2.65 bits per heavy atom. The van der Waals surface area contributed by atoms with E-state index < -0.39 is 0 Å². The molecule has 1 aromatic carbocycles. The third-order valence-electron chi connectivity index (χ3n) is 3.64. The number of benzene rings is 1. The summed E-state index contributed by atoms with van der Waals surface area (Å²) >= 11 is 4.72. The van der Waals surface area contributed by atoms with Gasteiger partial charge in [-0.2, -0.15) is 0 Å². The molecule has 0 saturated heterocycles. The highest BCUT2D eigenvalue weighted by atomic mass is 79.9. The number of carbonyl (C=O) groups is 3. The Labute approximate surface area is 164 Å². The monoisotopic (exact) mass is 437 g/mol. The van der Waals surface area contributed by atoms with Gasteiger partial charge in [-0.3, -0.25) is 14.4 Å². The van der Waals surface area contributed by atoms with Crippen LogP contribution in [0.25, 0.3) is 0 Å². The van der Waals surface area contributed by atoms with E-state index in [4.69, 9.17) is 0 Å². The molecular formula is C18H20BrN3O3S. The number of hydrogen-bond donors (Lipinski definition) is 2. The first-order valence-electron chi connectivity index (χ1n) is 7.98. The largest absolute Gasteiger partial charge is 0.351 e. The normalized spacial score (nSPS) is 10.3. The number of thiophene rings is 1. The van der Waals surface area contributed by atoms with Crippen molar-refractivity contribution in [2.45, 2.75) is 13.3 Å². The zero-order valence-electron chi connectivity index (χ0n) is 14.5. The lowest BCUT2D eigenvalue weighted by atomic mass is 10.2. The molecule has 6 nitrogen and oxygen atoms in total. The van der Waals surface area contributed by atoms with Crippen molar-refractivity contribution >= 4 is 50.7 Å². The molecule has 0 bridgehead atoms. The van der Waals surface area contributed by atoms with E-state index in [1.54, 1.807) is 25.2 Å². The van der Waals surface area contributed by atoms with Gasteiger partial charge in [0.05, 0.1) is 11.4 Å². The third kappa shape index (κ3) is 5.96. The number of hydrogen-bond acceptors (Lipinski definition) is 4. The fourth-order valence-electron chi connectivity index (χ4n) is 2.23. The molecule has 0 aliphatic rings. The molecule has 26 heavy (non-hydrogen) atoms. The van der Waals surface area contributed by atoms with E-state index in [1.165, 1.54) is 16.2 Å².